The van der Waals surface area contributed by atoms with Crippen molar-refractivity contribution in [3.05, 3.63) is 70.7 Å². The van der Waals surface area contributed by atoms with Crippen LogP contribution in [0.3, 0.4) is 0 Å². The number of amides is 1. The number of nitrogens with one attached hydrogen (secondary N) is 1. The first-order valence-corrected chi connectivity index (χ1v) is 13.3. The molecule has 2 aromatic heterocycles. The Bertz CT molecular complexity index is 1380. The molecule has 40 heavy (non-hydrogen) atoms. The van der Waals surface area contributed by atoms with Crippen LogP contribution in [0.4, 0.5) is 21.7 Å². The summed E-state index contributed by atoms with van der Waals surface area (Å²) < 4.78 is 19.0. The molecule has 0 atom stereocenters. The lowest BCUT2D eigenvalue weighted by Gasteiger charge is -2.32. The van der Waals surface area contributed by atoms with Gasteiger partial charge in [0.15, 0.2) is 11.6 Å². The van der Waals surface area contributed by atoms with Gasteiger partial charge in [-0.3, -0.25) is 4.79 Å². The highest BCUT2D eigenvalue weighted by atomic mass is 35.5. The number of piperidine rings is 1. The second-order valence-corrected chi connectivity index (χ2v) is 9.97. The molecule has 0 radical (unpaired) electrons. The van der Waals surface area contributed by atoms with Crippen LogP contribution in [0.5, 0.6) is 6.01 Å². The monoisotopic (exact) mass is 568 g/mol. The maximum atomic E-state index is 13.2. The SMILES string of the molecule is C.CC1=CCCN1.Nc1nc(OC2CCN(c3cc(C(=O)N4CCc5cc(Cl)ccc54)ncn3)CC2)ncc1F. The first kappa shape index (κ1) is 29.0. The summed E-state index contributed by atoms with van der Waals surface area (Å²) in [5, 5.41) is 3.84. The van der Waals surface area contributed by atoms with Crippen molar-refractivity contribution in [1.29, 1.82) is 0 Å². The third-order valence-electron chi connectivity index (χ3n) is 6.84. The van der Waals surface area contributed by atoms with Crippen molar-refractivity contribution in [3.8, 4) is 6.01 Å². The first-order valence-electron chi connectivity index (χ1n) is 12.9. The van der Waals surface area contributed by atoms with E-state index in [9.17, 15) is 9.18 Å². The maximum absolute atomic E-state index is 13.2. The van der Waals surface area contributed by atoms with Crippen LogP contribution < -0.4 is 25.6 Å². The van der Waals surface area contributed by atoms with Gasteiger partial charge in [-0.2, -0.15) is 4.98 Å². The van der Waals surface area contributed by atoms with Crippen LogP contribution in [-0.4, -0.2) is 58.1 Å². The summed E-state index contributed by atoms with van der Waals surface area (Å²) in [5.74, 6) is -0.388. The molecule has 1 aromatic carbocycles. The summed E-state index contributed by atoms with van der Waals surface area (Å²) in [6.45, 7) is 5.15. The van der Waals surface area contributed by atoms with Crippen molar-refractivity contribution < 1.29 is 13.9 Å². The van der Waals surface area contributed by atoms with Gasteiger partial charge in [-0.15, -0.1) is 0 Å². The number of benzene rings is 1. The standard InChI is InChI=1S/C22H21ClFN7O2.C5H9N.CH4/c23-14-1-2-18-13(9-14)3-8-31(18)21(32)17-10-19(28-12-27-17)30-6-4-15(5-7-30)33-22-26-11-16(24)20(25)29-22;1-5-3-2-4-6-5;/h1-2,9-12,15H,3-8H2,(H2,25,26,29);3,6H,2,4H2,1H3;1H4. The highest BCUT2D eigenvalue weighted by molar-refractivity contribution is 6.30. The molecule has 212 valence electrons. The molecule has 3 aromatic rings. The molecule has 0 bridgehead atoms. The Kier molecular flexibility index (Phi) is 9.36. The van der Waals surface area contributed by atoms with Crippen molar-refractivity contribution in [2.75, 3.05) is 41.7 Å². The fourth-order valence-electron chi connectivity index (χ4n) is 4.76. The van der Waals surface area contributed by atoms with E-state index < -0.39 is 5.82 Å². The van der Waals surface area contributed by atoms with Crippen molar-refractivity contribution in [3.63, 3.8) is 0 Å². The van der Waals surface area contributed by atoms with Crippen LogP contribution in [-0.2, 0) is 6.42 Å². The summed E-state index contributed by atoms with van der Waals surface area (Å²) in [6, 6.07) is 7.34. The summed E-state index contributed by atoms with van der Waals surface area (Å²) in [6.07, 6.45) is 7.85. The van der Waals surface area contributed by atoms with E-state index in [2.05, 4.69) is 43.2 Å². The number of nitrogens with zero attached hydrogens (tertiary/aromatic N) is 6. The summed E-state index contributed by atoms with van der Waals surface area (Å²) in [4.78, 5) is 33.2. The van der Waals surface area contributed by atoms with E-state index in [0.29, 0.717) is 49.0 Å². The second-order valence-electron chi connectivity index (χ2n) is 9.53. The maximum Gasteiger partial charge on any atom is 0.318 e. The van der Waals surface area contributed by atoms with E-state index >= 15 is 0 Å². The van der Waals surface area contributed by atoms with Crippen LogP contribution >= 0.6 is 11.6 Å². The van der Waals surface area contributed by atoms with Gasteiger partial charge in [-0.25, -0.2) is 19.3 Å². The number of nitrogens with two attached hydrogens (primary N) is 1. The minimum absolute atomic E-state index is 0. The van der Waals surface area contributed by atoms with Crippen molar-refractivity contribution >= 4 is 34.8 Å². The molecular formula is C28H34ClFN8O2. The van der Waals surface area contributed by atoms with Crippen molar-refractivity contribution in [2.24, 2.45) is 0 Å². The molecule has 0 spiro atoms. The number of halogens is 2. The molecule has 0 saturated carbocycles. The van der Waals surface area contributed by atoms with Gasteiger partial charge in [0.25, 0.3) is 5.91 Å². The minimum atomic E-state index is -0.674. The predicted octanol–water partition coefficient (Wildman–Crippen LogP) is 4.41. The quantitative estimate of drug-likeness (QED) is 0.471. The first-order chi connectivity index (χ1) is 18.9. The van der Waals surface area contributed by atoms with E-state index in [1.165, 1.54) is 18.4 Å². The second kappa shape index (κ2) is 12.9. The number of rotatable bonds is 4. The number of fused-ring (bicyclic) bond motifs is 1. The van der Waals surface area contributed by atoms with E-state index in [1.807, 2.05) is 12.1 Å². The molecule has 5 heterocycles. The van der Waals surface area contributed by atoms with E-state index in [-0.39, 0.29) is 31.3 Å². The van der Waals surface area contributed by atoms with Crippen molar-refractivity contribution in [1.82, 2.24) is 25.3 Å². The number of nitrogen functional groups attached to an aromatic ring is 1. The average molecular weight is 569 g/mol. The minimum Gasteiger partial charge on any atom is -0.460 e. The largest absolute Gasteiger partial charge is 0.460 e. The molecule has 0 aliphatic carbocycles. The van der Waals surface area contributed by atoms with Gasteiger partial charge in [0.1, 0.15) is 23.9 Å². The number of allylic oxidation sites excluding steroid dienone is 1. The highest BCUT2D eigenvalue weighted by Crippen LogP contribution is 2.31. The predicted molar refractivity (Wildman–Crippen MR) is 154 cm³/mol. The fraction of sp³-hybridized carbons (Fsp3) is 0.393. The van der Waals surface area contributed by atoms with Gasteiger partial charge in [-0.1, -0.05) is 25.1 Å². The lowest BCUT2D eigenvalue weighted by Crippen LogP contribution is -2.39. The fourth-order valence-corrected chi connectivity index (χ4v) is 4.95. The molecular weight excluding hydrogens is 535 g/mol. The van der Waals surface area contributed by atoms with E-state index in [0.717, 1.165) is 30.4 Å². The number of hydrogen-bond acceptors (Lipinski definition) is 9. The Labute approximate surface area is 238 Å². The Morgan fingerprint density at radius 2 is 1.98 bits per heavy atom. The Balaban J connectivity index is 0.000000470. The van der Waals surface area contributed by atoms with Crippen molar-refractivity contribution in [2.45, 2.75) is 46.1 Å². The smallest absolute Gasteiger partial charge is 0.318 e. The summed E-state index contributed by atoms with van der Waals surface area (Å²) in [7, 11) is 0. The Morgan fingerprint density at radius 1 is 1.18 bits per heavy atom. The average Bonchev–Trinajstić information content (AvgIpc) is 3.60. The third-order valence-corrected chi connectivity index (χ3v) is 7.07. The molecule has 12 heteroatoms. The number of hydrogen-bond donors (Lipinski definition) is 2. The van der Waals surface area contributed by atoms with Crippen LogP contribution in [0, 0.1) is 5.82 Å². The molecule has 1 saturated heterocycles. The zero-order valence-corrected chi connectivity index (χ0v) is 22.4. The van der Waals surface area contributed by atoms with Crippen LogP contribution in [0.15, 0.2) is 48.6 Å². The summed E-state index contributed by atoms with van der Waals surface area (Å²) >= 11 is 6.08. The number of aromatic nitrogens is 4. The molecule has 0 unspecified atom stereocenters. The van der Waals surface area contributed by atoms with Gasteiger partial charge in [0, 0.05) is 61.5 Å². The number of ether oxygens (including phenoxy) is 1. The number of anilines is 3. The highest BCUT2D eigenvalue weighted by Gasteiger charge is 2.28. The Hall–Kier alpha value is -3.99. The molecule has 3 aliphatic heterocycles. The number of carbonyl (C=O) groups excluding carboxylic acids is 1. The van der Waals surface area contributed by atoms with Gasteiger partial charge >= 0.3 is 6.01 Å². The molecule has 6 rings (SSSR count). The molecule has 3 aliphatic rings. The van der Waals surface area contributed by atoms with Crippen LogP contribution in [0.25, 0.3) is 0 Å². The van der Waals surface area contributed by atoms with Gasteiger partial charge in [0.2, 0.25) is 0 Å². The third kappa shape index (κ3) is 6.77. The van der Waals surface area contributed by atoms with Crippen LogP contribution in [0.1, 0.15) is 49.7 Å². The molecule has 10 nitrogen and oxygen atoms in total. The zero-order chi connectivity index (χ0) is 27.4. The topological polar surface area (TPSA) is 122 Å². The van der Waals surface area contributed by atoms with Gasteiger partial charge in [-0.05, 0) is 43.5 Å². The molecule has 1 fully saturated rings. The molecule has 1 amide bonds. The van der Waals surface area contributed by atoms with E-state index in [4.69, 9.17) is 22.1 Å². The normalized spacial score (nSPS) is 16.2. The molecule has 3 N–H and O–H groups in total. The Morgan fingerprint density at radius 3 is 2.65 bits per heavy atom. The lowest BCUT2D eigenvalue weighted by atomic mass is 10.1. The lowest BCUT2D eigenvalue weighted by molar-refractivity contribution is 0.0984. The van der Waals surface area contributed by atoms with Crippen LogP contribution in [0.2, 0.25) is 5.02 Å². The number of carbonyl (C=O) groups is 1. The zero-order valence-electron chi connectivity index (χ0n) is 21.6. The van der Waals surface area contributed by atoms with Gasteiger partial charge < -0.3 is 25.6 Å². The summed E-state index contributed by atoms with van der Waals surface area (Å²) in [5.41, 5.74) is 9.07. The van der Waals surface area contributed by atoms with E-state index in [1.54, 1.807) is 17.0 Å². The van der Waals surface area contributed by atoms with Gasteiger partial charge in [0.05, 0.1) is 6.20 Å².